The molecular formula is C22H25NO3. The van der Waals surface area contributed by atoms with Crippen molar-refractivity contribution >= 4 is 11.9 Å². The van der Waals surface area contributed by atoms with E-state index in [4.69, 9.17) is 0 Å². The summed E-state index contributed by atoms with van der Waals surface area (Å²) < 4.78 is 0. The molecule has 1 N–H and O–H groups in total. The maximum atomic E-state index is 13.1. The van der Waals surface area contributed by atoms with Crippen LogP contribution in [0.5, 0.6) is 0 Å². The number of benzene rings is 2. The van der Waals surface area contributed by atoms with Gasteiger partial charge in [0.1, 0.15) is 0 Å². The van der Waals surface area contributed by atoms with Crippen LogP contribution in [0.4, 0.5) is 0 Å². The molecule has 26 heavy (non-hydrogen) atoms. The van der Waals surface area contributed by atoms with E-state index in [2.05, 4.69) is 0 Å². The third kappa shape index (κ3) is 4.51. The van der Waals surface area contributed by atoms with Crippen LogP contribution in [0.3, 0.4) is 0 Å². The molecule has 2 aromatic carbocycles. The number of nitrogens with zero attached hydrogens (tertiary/aromatic N) is 1. The summed E-state index contributed by atoms with van der Waals surface area (Å²) in [6.07, 6.45) is 2.30. The molecule has 2 aromatic rings. The number of hydrogen-bond acceptors (Lipinski definition) is 2. The Morgan fingerprint density at radius 1 is 1.00 bits per heavy atom. The number of carbonyl (C=O) groups is 2. The van der Waals surface area contributed by atoms with Crippen LogP contribution in [0.2, 0.25) is 0 Å². The SMILES string of the molecule is CC(CN(C(=O)CC(c1ccccc1)c1ccccc1)C1CC1)C(=O)O. The lowest BCUT2D eigenvalue weighted by atomic mass is 9.88. The lowest BCUT2D eigenvalue weighted by molar-refractivity contribution is -0.143. The Bertz CT molecular complexity index is 701. The molecule has 1 amide bonds. The lowest BCUT2D eigenvalue weighted by Gasteiger charge is -2.27. The highest BCUT2D eigenvalue weighted by atomic mass is 16.4. The molecule has 0 radical (unpaired) electrons. The number of carbonyl (C=O) groups excluding carboxylic acids is 1. The quantitative estimate of drug-likeness (QED) is 0.784. The number of rotatable bonds is 8. The van der Waals surface area contributed by atoms with Gasteiger partial charge in [-0.1, -0.05) is 67.6 Å². The Kier molecular flexibility index (Phi) is 5.71. The highest BCUT2D eigenvalue weighted by molar-refractivity contribution is 5.79. The first-order valence-corrected chi connectivity index (χ1v) is 9.18. The van der Waals surface area contributed by atoms with Gasteiger partial charge in [-0.2, -0.15) is 0 Å². The first-order chi connectivity index (χ1) is 12.6. The minimum absolute atomic E-state index is 0.0220. The molecule has 4 heteroatoms. The fraction of sp³-hybridized carbons (Fsp3) is 0.364. The van der Waals surface area contributed by atoms with Crippen LogP contribution in [-0.4, -0.2) is 34.5 Å². The largest absolute Gasteiger partial charge is 0.481 e. The van der Waals surface area contributed by atoms with Crippen LogP contribution >= 0.6 is 0 Å². The molecule has 1 aliphatic rings. The third-order valence-corrected chi connectivity index (χ3v) is 4.98. The Hall–Kier alpha value is -2.62. The third-order valence-electron chi connectivity index (χ3n) is 4.98. The number of carboxylic acid groups (broad SMARTS) is 1. The van der Waals surface area contributed by atoms with Crippen LogP contribution in [0.25, 0.3) is 0 Å². The molecule has 0 aromatic heterocycles. The zero-order valence-corrected chi connectivity index (χ0v) is 15.0. The Labute approximate surface area is 154 Å². The van der Waals surface area contributed by atoms with Crippen LogP contribution in [0.1, 0.15) is 43.2 Å². The molecule has 0 saturated heterocycles. The van der Waals surface area contributed by atoms with Crippen LogP contribution in [0, 0.1) is 5.92 Å². The second-order valence-electron chi connectivity index (χ2n) is 7.09. The maximum absolute atomic E-state index is 13.1. The maximum Gasteiger partial charge on any atom is 0.308 e. The van der Waals surface area contributed by atoms with Crippen molar-refractivity contribution in [3.05, 3.63) is 71.8 Å². The molecule has 136 valence electrons. The predicted octanol–water partition coefficient (Wildman–Crippen LogP) is 3.92. The zero-order chi connectivity index (χ0) is 18.5. The standard InChI is InChI=1S/C22H25NO3/c1-16(22(25)26)15-23(19-12-13-19)21(24)14-20(17-8-4-2-5-9-17)18-10-6-3-7-11-18/h2-11,16,19-20H,12-15H2,1H3,(H,25,26). The minimum Gasteiger partial charge on any atom is -0.481 e. The first kappa shape index (κ1) is 18.2. The van der Waals surface area contributed by atoms with E-state index in [1.807, 2.05) is 60.7 Å². The van der Waals surface area contributed by atoms with Crippen molar-refractivity contribution < 1.29 is 14.7 Å². The van der Waals surface area contributed by atoms with E-state index in [-0.39, 0.29) is 24.4 Å². The molecule has 4 nitrogen and oxygen atoms in total. The molecule has 1 atom stereocenters. The van der Waals surface area contributed by atoms with Crippen LogP contribution < -0.4 is 0 Å². The van der Waals surface area contributed by atoms with Gasteiger partial charge in [0.15, 0.2) is 0 Å². The molecule has 0 aliphatic heterocycles. The summed E-state index contributed by atoms with van der Waals surface area (Å²) in [5.74, 6) is -1.39. The van der Waals surface area contributed by atoms with Gasteiger partial charge in [0.2, 0.25) is 5.91 Å². The fourth-order valence-corrected chi connectivity index (χ4v) is 3.30. The van der Waals surface area contributed by atoms with Gasteiger partial charge in [0.25, 0.3) is 0 Å². The van der Waals surface area contributed by atoms with E-state index >= 15 is 0 Å². The summed E-state index contributed by atoms with van der Waals surface area (Å²) in [5.41, 5.74) is 2.21. The van der Waals surface area contributed by atoms with E-state index in [0.29, 0.717) is 6.42 Å². The molecule has 0 bridgehead atoms. The normalized spacial score (nSPS) is 14.8. The van der Waals surface area contributed by atoms with Crippen LogP contribution in [0.15, 0.2) is 60.7 Å². The predicted molar refractivity (Wildman–Crippen MR) is 101 cm³/mol. The Morgan fingerprint density at radius 3 is 1.92 bits per heavy atom. The van der Waals surface area contributed by atoms with Crippen molar-refractivity contribution in [2.24, 2.45) is 5.92 Å². The van der Waals surface area contributed by atoms with Crippen molar-refractivity contribution in [1.82, 2.24) is 4.90 Å². The average molecular weight is 351 g/mol. The van der Waals surface area contributed by atoms with Crippen molar-refractivity contribution in [1.29, 1.82) is 0 Å². The molecule has 1 unspecified atom stereocenters. The van der Waals surface area contributed by atoms with E-state index in [9.17, 15) is 14.7 Å². The fourth-order valence-electron chi connectivity index (χ4n) is 3.30. The molecule has 0 heterocycles. The number of amides is 1. The molecule has 3 rings (SSSR count). The van der Waals surface area contributed by atoms with E-state index in [1.54, 1.807) is 11.8 Å². The molecule has 1 fully saturated rings. The number of aliphatic carboxylic acids is 1. The number of hydrogen-bond donors (Lipinski definition) is 1. The summed E-state index contributed by atoms with van der Waals surface area (Å²) in [5, 5.41) is 9.21. The van der Waals surface area contributed by atoms with E-state index in [0.717, 1.165) is 24.0 Å². The molecule has 1 aliphatic carbocycles. The van der Waals surface area contributed by atoms with Crippen molar-refractivity contribution in [3.63, 3.8) is 0 Å². The summed E-state index contributed by atoms with van der Waals surface area (Å²) in [6, 6.07) is 20.3. The zero-order valence-electron chi connectivity index (χ0n) is 15.0. The molecule has 0 spiro atoms. The van der Waals surface area contributed by atoms with E-state index in [1.165, 1.54) is 0 Å². The van der Waals surface area contributed by atoms with Gasteiger partial charge in [-0.25, -0.2) is 0 Å². The highest BCUT2D eigenvalue weighted by Gasteiger charge is 2.35. The number of carboxylic acids is 1. The second-order valence-corrected chi connectivity index (χ2v) is 7.09. The second kappa shape index (κ2) is 8.17. The Morgan fingerprint density at radius 2 is 1.50 bits per heavy atom. The first-order valence-electron chi connectivity index (χ1n) is 9.18. The van der Waals surface area contributed by atoms with Crippen molar-refractivity contribution in [2.75, 3.05) is 6.54 Å². The average Bonchev–Trinajstić information content (AvgIpc) is 3.50. The van der Waals surface area contributed by atoms with Gasteiger partial charge in [0, 0.05) is 24.9 Å². The summed E-state index contributed by atoms with van der Waals surface area (Å²) >= 11 is 0. The van der Waals surface area contributed by atoms with Gasteiger partial charge in [0.05, 0.1) is 5.92 Å². The summed E-state index contributed by atoms with van der Waals surface area (Å²) in [7, 11) is 0. The van der Waals surface area contributed by atoms with Gasteiger partial charge >= 0.3 is 5.97 Å². The molecular weight excluding hydrogens is 326 g/mol. The molecule has 1 saturated carbocycles. The smallest absolute Gasteiger partial charge is 0.308 e. The van der Waals surface area contributed by atoms with Crippen LogP contribution in [-0.2, 0) is 9.59 Å². The lowest BCUT2D eigenvalue weighted by Crippen LogP contribution is -2.39. The minimum atomic E-state index is -0.855. The van der Waals surface area contributed by atoms with Gasteiger partial charge in [-0.15, -0.1) is 0 Å². The van der Waals surface area contributed by atoms with Crippen molar-refractivity contribution in [3.8, 4) is 0 Å². The topological polar surface area (TPSA) is 57.6 Å². The van der Waals surface area contributed by atoms with Gasteiger partial charge < -0.3 is 10.0 Å². The van der Waals surface area contributed by atoms with Crippen molar-refractivity contribution in [2.45, 2.75) is 38.1 Å². The van der Waals surface area contributed by atoms with Gasteiger partial charge in [-0.3, -0.25) is 9.59 Å². The Balaban J connectivity index is 1.81. The highest BCUT2D eigenvalue weighted by Crippen LogP contribution is 2.33. The summed E-state index contributed by atoms with van der Waals surface area (Å²) in [4.78, 5) is 26.1. The van der Waals surface area contributed by atoms with E-state index < -0.39 is 11.9 Å². The van der Waals surface area contributed by atoms with Gasteiger partial charge in [-0.05, 0) is 24.0 Å². The summed E-state index contributed by atoms with van der Waals surface area (Å²) in [6.45, 7) is 1.95. The monoisotopic (exact) mass is 351 g/mol.